The standard InChI is InChI=1S/C8H9N.2C8H8O.C8H8S.C7H7NO.5C2H6/c1-2-4-8-6-9-5-7(8)3-1;3*1-2-4-8-7(3-1)5-6-9-8;1-3-8-5-7-6(1)2-4-9-7;5*1-2/h1-4,9H,5-6H2;3*1-4H,5-6H2;1,3,5H,2,4H2;5*1-2H3. The Bertz CT molecular complexity index is 1270. The summed E-state index contributed by atoms with van der Waals surface area (Å²) in [5.74, 6) is 4.37. The van der Waals surface area contributed by atoms with Crippen LogP contribution < -0.4 is 19.5 Å². The van der Waals surface area contributed by atoms with Gasteiger partial charge >= 0.3 is 0 Å². The summed E-state index contributed by atoms with van der Waals surface area (Å²) in [6.45, 7) is 24.6. The summed E-state index contributed by atoms with van der Waals surface area (Å²) in [7, 11) is 0. The second-order valence-electron chi connectivity index (χ2n) is 11.1. The molecule has 6 heteroatoms. The molecule has 0 unspecified atom stereocenters. The van der Waals surface area contributed by atoms with Crippen molar-refractivity contribution in [3.63, 3.8) is 0 Å². The van der Waals surface area contributed by atoms with Gasteiger partial charge in [-0.3, -0.25) is 4.98 Å². The summed E-state index contributed by atoms with van der Waals surface area (Å²) in [4.78, 5) is 5.42. The molecule has 0 atom stereocenters. The highest BCUT2D eigenvalue weighted by Crippen LogP contribution is 2.30. The number of ether oxygens (including phenoxy) is 3. The number of fused-ring (bicyclic) bond motifs is 5. The molecule has 1 N–H and O–H groups in total. The molecule has 5 nitrogen and oxygen atoms in total. The molecule has 0 amide bonds. The third-order valence-electron chi connectivity index (χ3n) is 8.05. The predicted molar refractivity (Wildman–Crippen MR) is 239 cm³/mol. The van der Waals surface area contributed by atoms with Crippen LogP contribution in [0.5, 0.6) is 17.2 Å². The van der Waals surface area contributed by atoms with E-state index in [4.69, 9.17) is 14.2 Å². The zero-order valence-electron chi connectivity index (χ0n) is 35.6. The lowest BCUT2D eigenvalue weighted by atomic mass is 10.1. The van der Waals surface area contributed by atoms with Gasteiger partial charge in [-0.15, -0.1) is 11.8 Å². The molecule has 6 heterocycles. The maximum Gasteiger partial charge on any atom is 0.140 e. The second kappa shape index (κ2) is 32.0. The first-order valence-electron chi connectivity index (χ1n) is 20.8. The lowest BCUT2D eigenvalue weighted by molar-refractivity contribution is 0.355. The topological polar surface area (TPSA) is 52.6 Å². The van der Waals surface area contributed by atoms with Gasteiger partial charge in [0.2, 0.25) is 0 Å². The van der Waals surface area contributed by atoms with Crippen LogP contribution in [0.1, 0.15) is 103 Å². The summed E-state index contributed by atoms with van der Waals surface area (Å²) in [5, 5.41) is 3.29. The highest BCUT2D eigenvalue weighted by molar-refractivity contribution is 7.99. The van der Waals surface area contributed by atoms with Gasteiger partial charge in [0.15, 0.2) is 0 Å². The summed E-state index contributed by atoms with van der Waals surface area (Å²) < 4.78 is 15.8. The Morgan fingerprint density at radius 1 is 0.436 bits per heavy atom. The number of thioether (sulfide) groups is 1. The molecule has 0 radical (unpaired) electrons. The fourth-order valence-corrected chi connectivity index (χ4v) is 6.69. The highest BCUT2D eigenvalue weighted by Gasteiger charge is 2.11. The van der Waals surface area contributed by atoms with Gasteiger partial charge < -0.3 is 19.5 Å². The Morgan fingerprint density at radius 3 is 1.29 bits per heavy atom. The van der Waals surface area contributed by atoms with Crippen molar-refractivity contribution in [3.05, 3.63) is 149 Å². The van der Waals surface area contributed by atoms with E-state index < -0.39 is 0 Å². The van der Waals surface area contributed by atoms with Crippen molar-refractivity contribution in [3.8, 4) is 17.2 Å². The van der Waals surface area contributed by atoms with E-state index in [0.29, 0.717) is 0 Å². The molecule has 5 aromatic rings. The molecule has 5 aliphatic heterocycles. The molecule has 300 valence electrons. The lowest BCUT2D eigenvalue weighted by Crippen LogP contribution is -1.99. The summed E-state index contributed by atoms with van der Waals surface area (Å²) in [5.41, 5.74) is 8.41. The molecule has 5 aliphatic rings. The van der Waals surface area contributed by atoms with Crippen molar-refractivity contribution in [1.29, 1.82) is 0 Å². The minimum absolute atomic E-state index is 0.820. The Balaban J connectivity index is 0.000000325. The molecule has 1 aromatic heterocycles. The van der Waals surface area contributed by atoms with Crippen LogP contribution in [0.25, 0.3) is 0 Å². The summed E-state index contributed by atoms with van der Waals surface area (Å²) in [6.07, 6.45) is 8.03. The number of hydrogen-bond acceptors (Lipinski definition) is 6. The van der Waals surface area contributed by atoms with Crippen molar-refractivity contribution in [2.24, 2.45) is 0 Å². The van der Waals surface area contributed by atoms with Gasteiger partial charge in [0.25, 0.3) is 0 Å². The first-order chi connectivity index (χ1) is 27.3. The molecular formula is C49H70N2O3S. The Labute approximate surface area is 339 Å². The Morgan fingerprint density at radius 2 is 0.836 bits per heavy atom. The van der Waals surface area contributed by atoms with Crippen molar-refractivity contribution in [2.45, 2.75) is 113 Å². The molecular weight excluding hydrogens is 697 g/mol. The number of nitrogens with one attached hydrogen (secondary N) is 1. The second-order valence-corrected chi connectivity index (χ2v) is 12.2. The third-order valence-corrected chi connectivity index (χ3v) is 9.17. The summed E-state index contributed by atoms with van der Waals surface area (Å²) >= 11 is 1.97. The van der Waals surface area contributed by atoms with E-state index in [0.717, 1.165) is 69.4 Å². The molecule has 0 saturated heterocycles. The van der Waals surface area contributed by atoms with Crippen LogP contribution >= 0.6 is 11.8 Å². The van der Waals surface area contributed by atoms with Crippen LogP contribution in [0, 0.1) is 0 Å². The van der Waals surface area contributed by atoms with Crippen LogP contribution in [0.2, 0.25) is 0 Å². The van der Waals surface area contributed by atoms with E-state index in [1.807, 2.05) is 123 Å². The largest absolute Gasteiger partial charge is 0.493 e. The molecule has 10 rings (SSSR count). The van der Waals surface area contributed by atoms with Gasteiger partial charge in [0.05, 0.1) is 26.0 Å². The SMILES string of the molecule is CC.CC.CC.CC.CC.c1cc2c(cn1)OCC2.c1ccc2c(c1)CCO2.c1ccc2c(c1)CCO2.c1ccc2c(c1)CCS2.c1ccc2c(c1)CNC2. The van der Waals surface area contributed by atoms with Crippen molar-refractivity contribution in [2.75, 3.05) is 25.6 Å². The number of aromatic nitrogens is 1. The van der Waals surface area contributed by atoms with Gasteiger partial charge in [-0.25, -0.2) is 0 Å². The Hall–Kier alpha value is -4.26. The predicted octanol–water partition coefficient (Wildman–Crippen LogP) is 13.0. The van der Waals surface area contributed by atoms with Crippen LogP contribution in [-0.4, -0.2) is 30.6 Å². The zero-order chi connectivity index (χ0) is 40.5. The van der Waals surface area contributed by atoms with Gasteiger partial charge in [-0.2, -0.15) is 0 Å². The highest BCUT2D eigenvalue weighted by atomic mass is 32.2. The smallest absolute Gasteiger partial charge is 0.140 e. The molecule has 4 aromatic carbocycles. The number of para-hydroxylation sites is 2. The van der Waals surface area contributed by atoms with Gasteiger partial charge in [0, 0.05) is 54.8 Å². The van der Waals surface area contributed by atoms with E-state index in [2.05, 4.69) is 71.0 Å². The molecule has 0 spiro atoms. The van der Waals surface area contributed by atoms with E-state index in [1.165, 1.54) is 50.4 Å². The Kier molecular flexibility index (Phi) is 28.4. The zero-order valence-corrected chi connectivity index (χ0v) is 36.4. The van der Waals surface area contributed by atoms with Crippen LogP contribution in [-0.2, 0) is 38.8 Å². The molecule has 55 heavy (non-hydrogen) atoms. The maximum absolute atomic E-state index is 5.30. The minimum Gasteiger partial charge on any atom is -0.493 e. The quantitative estimate of drug-likeness (QED) is 0.169. The van der Waals surface area contributed by atoms with E-state index in [1.54, 1.807) is 12.4 Å². The monoisotopic (exact) mass is 767 g/mol. The van der Waals surface area contributed by atoms with Crippen molar-refractivity contribution < 1.29 is 14.2 Å². The van der Waals surface area contributed by atoms with Crippen molar-refractivity contribution in [1.82, 2.24) is 10.3 Å². The average Bonchev–Trinajstić information content (AvgIpc) is 4.15. The van der Waals surface area contributed by atoms with E-state index in [9.17, 15) is 0 Å². The first-order valence-corrected chi connectivity index (χ1v) is 21.8. The number of aryl methyl sites for hydroxylation is 1. The number of benzene rings is 4. The maximum atomic E-state index is 5.30. The van der Waals surface area contributed by atoms with Gasteiger partial charge in [0.1, 0.15) is 17.2 Å². The number of rotatable bonds is 0. The van der Waals surface area contributed by atoms with E-state index >= 15 is 0 Å². The van der Waals surface area contributed by atoms with Gasteiger partial charge in [-0.05, 0) is 58.5 Å². The molecule has 0 bridgehead atoms. The fourth-order valence-electron chi connectivity index (χ4n) is 5.62. The van der Waals surface area contributed by atoms with Crippen molar-refractivity contribution >= 4 is 11.8 Å². The number of pyridine rings is 1. The van der Waals surface area contributed by atoms with Crippen LogP contribution in [0.4, 0.5) is 0 Å². The molecule has 0 saturated carbocycles. The normalized spacial score (nSPS) is 12.8. The summed E-state index contributed by atoms with van der Waals surface area (Å²) in [6, 6.07) is 35.5. The number of nitrogens with zero attached hydrogens (tertiary/aromatic N) is 1. The first kappa shape index (κ1) is 48.8. The molecule has 0 fully saturated rings. The third kappa shape index (κ3) is 17.4. The number of hydrogen-bond donors (Lipinski definition) is 1. The van der Waals surface area contributed by atoms with E-state index in [-0.39, 0.29) is 0 Å². The van der Waals surface area contributed by atoms with Crippen LogP contribution in [0.15, 0.2) is 120 Å². The average molecular weight is 767 g/mol. The lowest BCUT2D eigenvalue weighted by Gasteiger charge is -1.93. The van der Waals surface area contributed by atoms with Gasteiger partial charge in [-0.1, -0.05) is 148 Å². The molecule has 0 aliphatic carbocycles. The van der Waals surface area contributed by atoms with Crippen LogP contribution in [0.3, 0.4) is 0 Å². The minimum atomic E-state index is 0.820. The fraction of sp³-hybridized carbons (Fsp3) is 0.408.